The topological polar surface area (TPSA) is 20.7 Å². The number of aromatic amines is 1. The third-order valence-electron chi connectivity index (χ3n) is 3.90. The highest BCUT2D eigenvalue weighted by atomic mass is 35.5. The summed E-state index contributed by atoms with van der Waals surface area (Å²) in [5.74, 6) is 0.109. The van der Waals surface area contributed by atoms with E-state index in [0.717, 1.165) is 23.9 Å². The monoisotopic (exact) mass is 300 g/mol. The van der Waals surface area contributed by atoms with E-state index in [4.69, 9.17) is 23.8 Å². The van der Waals surface area contributed by atoms with E-state index in [1.807, 2.05) is 4.57 Å². The van der Waals surface area contributed by atoms with E-state index >= 15 is 0 Å². The highest BCUT2D eigenvalue weighted by Gasteiger charge is 2.19. The normalized spacial score (nSPS) is 13.4. The molecule has 0 radical (unpaired) electrons. The second kappa shape index (κ2) is 5.63. The van der Waals surface area contributed by atoms with Crippen LogP contribution in [0.15, 0.2) is 12.1 Å². The Bertz CT molecular complexity index is 643. The quantitative estimate of drug-likeness (QED) is 0.741. The maximum atomic E-state index is 13.7. The fraction of sp³-hybridized carbons (Fsp3) is 0.500. The Balaban J connectivity index is 2.63. The van der Waals surface area contributed by atoms with Crippen LogP contribution in [-0.2, 0) is 0 Å². The number of benzene rings is 1. The van der Waals surface area contributed by atoms with Crippen molar-refractivity contribution >= 4 is 34.9 Å². The molecule has 0 saturated carbocycles. The summed E-state index contributed by atoms with van der Waals surface area (Å²) in [6.07, 6.45) is 2.14. The number of hydrogen-bond acceptors (Lipinski definition) is 1. The van der Waals surface area contributed by atoms with E-state index in [2.05, 4.69) is 25.8 Å². The van der Waals surface area contributed by atoms with Gasteiger partial charge in [0.2, 0.25) is 0 Å². The lowest BCUT2D eigenvalue weighted by molar-refractivity contribution is 0.337. The summed E-state index contributed by atoms with van der Waals surface area (Å²) >= 11 is 11.2. The standard InChI is InChI=1S/C14H18ClFN2S/c1-4-9(5-2)8(3)18-13-7-11(16)10(15)6-12(13)17-14(18)19/h6-9H,4-5H2,1-3H3,(H,17,19). The lowest BCUT2D eigenvalue weighted by Crippen LogP contribution is -2.15. The van der Waals surface area contributed by atoms with E-state index in [0.29, 0.717) is 10.7 Å². The molecule has 0 aliphatic carbocycles. The SMILES string of the molecule is CCC(CC)C(C)n1c(=S)[nH]c2cc(Cl)c(F)cc21. The van der Waals surface area contributed by atoms with Gasteiger partial charge in [-0.15, -0.1) is 0 Å². The summed E-state index contributed by atoms with van der Waals surface area (Å²) in [5.41, 5.74) is 1.57. The molecule has 1 unspecified atom stereocenters. The summed E-state index contributed by atoms with van der Waals surface area (Å²) in [7, 11) is 0. The summed E-state index contributed by atoms with van der Waals surface area (Å²) in [5, 5.41) is 0.117. The molecule has 1 aromatic carbocycles. The van der Waals surface area contributed by atoms with Crippen LogP contribution in [0.4, 0.5) is 4.39 Å². The Morgan fingerprint density at radius 1 is 1.37 bits per heavy atom. The predicted molar refractivity (Wildman–Crippen MR) is 80.9 cm³/mol. The van der Waals surface area contributed by atoms with Crippen LogP contribution in [0.25, 0.3) is 11.0 Å². The van der Waals surface area contributed by atoms with Crippen molar-refractivity contribution in [3.8, 4) is 0 Å². The van der Waals surface area contributed by atoms with Gasteiger partial charge >= 0.3 is 0 Å². The minimum absolute atomic E-state index is 0.117. The molecule has 0 aliphatic heterocycles. The van der Waals surface area contributed by atoms with Crippen molar-refractivity contribution in [3.63, 3.8) is 0 Å². The first-order chi connectivity index (χ1) is 8.99. The van der Waals surface area contributed by atoms with Crippen LogP contribution in [-0.4, -0.2) is 9.55 Å². The Morgan fingerprint density at radius 2 is 2.00 bits per heavy atom. The van der Waals surface area contributed by atoms with Crippen LogP contribution in [0, 0.1) is 16.5 Å². The molecule has 2 aromatic rings. The second-order valence-corrected chi connectivity index (χ2v) is 5.69. The highest BCUT2D eigenvalue weighted by molar-refractivity contribution is 7.71. The number of aromatic nitrogens is 2. The van der Waals surface area contributed by atoms with Crippen molar-refractivity contribution in [2.24, 2.45) is 5.92 Å². The summed E-state index contributed by atoms with van der Waals surface area (Å²) in [6, 6.07) is 3.29. The molecule has 2 nitrogen and oxygen atoms in total. The Labute approximate surface area is 122 Å². The number of nitrogens with one attached hydrogen (secondary N) is 1. The van der Waals surface area contributed by atoms with Gasteiger partial charge in [-0.1, -0.05) is 38.3 Å². The molecule has 1 aromatic heterocycles. The number of fused-ring (bicyclic) bond motifs is 1. The van der Waals surface area contributed by atoms with Gasteiger partial charge < -0.3 is 9.55 Å². The zero-order valence-corrected chi connectivity index (χ0v) is 12.9. The van der Waals surface area contributed by atoms with Gasteiger partial charge in [-0.25, -0.2) is 4.39 Å². The molecule has 104 valence electrons. The molecule has 1 heterocycles. The van der Waals surface area contributed by atoms with E-state index in [1.54, 1.807) is 6.07 Å². The van der Waals surface area contributed by atoms with Gasteiger partial charge in [-0.3, -0.25) is 0 Å². The molecular weight excluding hydrogens is 283 g/mol. The van der Waals surface area contributed by atoms with Crippen molar-refractivity contribution in [3.05, 3.63) is 27.7 Å². The van der Waals surface area contributed by atoms with Gasteiger partial charge in [0.15, 0.2) is 4.77 Å². The zero-order chi connectivity index (χ0) is 14.2. The molecule has 19 heavy (non-hydrogen) atoms. The van der Waals surface area contributed by atoms with Crippen molar-refractivity contribution < 1.29 is 4.39 Å². The van der Waals surface area contributed by atoms with Gasteiger partial charge in [-0.05, 0) is 31.1 Å². The molecule has 0 aliphatic rings. The Hall–Kier alpha value is -0.870. The number of hydrogen-bond donors (Lipinski definition) is 1. The van der Waals surface area contributed by atoms with Gasteiger partial charge in [-0.2, -0.15) is 0 Å². The van der Waals surface area contributed by atoms with E-state index in [-0.39, 0.29) is 11.1 Å². The van der Waals surface area contributed by atoms with Crippen LogP contribution in [0.3, 0.4) is 0 Å². The highest BCUT2D eigenvalue weighted by Crippen LogP contribution is 2.30. The molecule has 0 amide bonds. The smallest absolute Gasteiger partial charge is 0.178 e. The molecule has 0 saturated heterocycles. The minimum Gasteiger partial charge on any atom is -0.331 e. The summed E-state index contributed by atoms with van der Waals surface area (Å²) < 4.78 is 16.3. The third kappa shape index (κ3) is 2.56. The first-order valence-corrected chi connectivity index (χ1v) is 7.37. The maximum absolute atomic E-state index is 13.7. The van der Waals surface area contributed by atoms with E-state index in [1.165, 1.54) is 6.07 Å². The largest absolute Gasteiger partial charge is 0.331 e. The molecule has 5 heteroatoms. The number of imidazole rings is 1. The van der Waals surface area contributed by atoms with Gasteiger partial charge in [0.25, 0.3) is 0 Å². The number of rotatable bonds is 4. The van der Waals surface area contributed by atoms with Crippen molar-refractivity contribution in [2.75, 3.05) is 0 Å². The van der Waals surface area contributed by atoms with Crippen LogP contribution in [0.2, 0.25) is 5.02 Å². The second-order valence-electron chi connectivity index (χ2n) is 4.90. The number of halogens is 2. The van der Waals surface area contributed by atoms with Crippen LogP contribution in [0.1, 0.15) is 39.7 Å². The van der Waals surface area contributed by atoms with E-state index in [9.17, 15) is 4.39 Å². The van der Waals surface area contributed by atoms with Gasteiger partial charge in [0.1, 0.15) is 5.82 Å². The van der Waals surface area contributed by atoms with Gasteiger partial charge in [0, 0.05) is 12.1 Å². The minimum atomic E-state index is -0.409. The van der Waals surface area contributed by atoms with Crippen molar-refractivity contribution in [2.45, 2.75) is 39.7 Å². The summed E-state index contributed by atoms with van der Waals surface area (Å²) in [4.78, 5) is 3.11. The van der Waals surface area contributed by atoms with Crippen LogP contribution >= 0.6 is 23.8 Å². The molecule has 0 bridgehead atoms. The molecule has 1 atom stereocenters. The lowest BCUT2D eigenvalue weighted by Gasteiger charge is -2.23. The molecule has 0 fully saturated rings. The molecule has 0 spiro atoms. The van der Waals surface area contributed by atoms with Gasteiger partial charge in [0.05, 0.1) is 16.1 Å². The fourth-order valence-electron chi connectivity index (χ4n) is 2.71. The third-order valence-corrected chi connectivity index (χ3v) is 4.49. The van der Waals surface area contributed by atoms with Crippen LogP contribution in [0.5, 0.6) is 0 Å². The lowest BCUT2D eigenvalue weighted by atomic mass is 9.95. The first kappa shape index (κ1) is 14.5. The average molecular weight is 301 g/mol. The maximum Gasteiger partial charge on any atom is 0.178 e. The van der Waals surface area contributed by atoms with Crippen LogP contribution < -0.4 is 0 Å². The van der Waals surface area contributed by atoms with E-state index < -0.39 is 5.82 Å². The predicted octanol–water partition coefficient (Wildman–Crippen LogP) is 5.49. The molecule has 1 N–H and O–H groups in total. The number of nitrogens with zero attached hydrogens (tertiary/aromatic N) is 1. The average Bonchev–Trinajstić information content (AvgIpc) is 2.66. The first-order valence-electron chi connectivity index (χ1n) is 6.58. The molecule has 2 rings (SSSR count). The fourth-order valence-corrected chi connectivity index (χ4v) is 3.24. The van der Waals surface area contributed by atoms with Crippen molar-refractivity contribution in [1.82, 2.24) is 9.55 Å². The Morgan fingerprint density at radius 3 is 2.58 bits per heavy atom. The molecular formula is C14H18ClFN2S. The van der Waals surface area contributed by atoms with Crippen molar-refractivity contribution in [1.29, 1.82) is 0 Å². The zero-order valence-electron chi connectivity index (χ0n) is 11.3. The number of H-pyrrole nitrogens is 1. The summed E-state index contributed by atoms with van der Waals surface area (Å²) in [6.45, 7) is 6.47. The Kier molecular flexibility index (Phi) is 4.31.